The molecule has 0 radical (unpaired) electrons. The number of aromatic nitrogens is 3. The molecule has 2 N–H and O–H groups in total. The van der Waals surface area contributed by atoms with Crippen LogP contribution in [0.5, 0.6) is 0 Å². The lowest BCUT2D eigenvalue weighted by atomic mass is 10.1. The fourth-order valence-corrected chi connectivity index (χ4v) is 3.38. The van der Waals surface area contributed by atoms with Crippen molar-refractivity contribution >= 4 is 16.8 Å². The highest BCUT2D eigenvalue weighted by Crippen LogP contribution is 2.28. The molecule has 4 rings (SSSR count). The monoisotopic (exact) mass is 342 g/mol. The van der Waals surface area contributed by atoms with E-state index in [0.717, 1.165) is 23.2 Å². The Bertz CT molecular complexity index is 917. The number of carbonyl (C=O) groups is 1. The molecule has 7 heteroatoms. The Hall–Kier alpha value is -2.67. The molecule has 2 aromatic heterocycles. The molecule has 3 heterocycles. The number of imidazole rings is 1. The van der Waals surface area contributed by atoms with E-state index in [4.69, 9.17) is 4.74 Å². The smallest absolute Gasteiger partial charge is 0.224 e. The third-order valence-electron chi connectivity index (χ3n) is 4.63. The van der Waals surface area contributed by atoms with Gasteiger partial charge in [-0.1, -0.05) is 0 Å². The standard InChI is InChI=1S/C18H19FN4O2/c1-23-6-5-20-18(23)17-14(4-7-25-17)22-16(24)8-11-10-21-15-9-12(19)2-3-13(11)15/h2-3,5-6,9-10,14,17,21H,4,7-8H2,1H3,(H,22,24)/t14-,17-/m0/s1. The number of H-pyrrole nitrogens is 1. The maximum Gasteiger partial charge on any atom is 0.224 e. The van der Waals surface area contributed by atoms with Gasteiger partial charge in [-0.05, 0) is 30.2 Å². The van der Waals surface area contributed by atoms with Gasteiger partial charge in [-0.2, -0.15) is 0 Å². The first-order valence-electron chi connectivity index (χ1n) is 8.25. The SMILES string of the molecule is Cn1ccnc1[C@H]1OCC[C@@H]1NC(=O)Cc1c[nH]c2cc(F)ccc12. The van der Waals surface area contributed by atoms with Crippen LogP contribution in [0.3, 0.4) is 0 Å². The summed E-state index contributed by atoms with van der Waals surface area (Å²) in [4.78, 5) is 19.8. The summed E-state index contributed by atoms with van der Waals surface area (Å²) >= 11 is 0. The van der Waals surface area contributed by atoms with Crippen LogP contribution in [0.4, 0.5) is 4.39 Å². The molecule has 25 heavy (non-hydrogen) atoms. The fraction of sp³-hybridized carbons (Fsp3) is 0.333. The highest BCUT2D eigenvalue weighted by molar-refractivity contribution is 5.89. The second-order valence-corrected chi connectivity index (χ2v) is 6.33. The van der Waals surface area contributed by atoms with Gasteiger partial charge in [0.05, 0.1) is 12.5 Å². The number of benzene rings is 1. The third-order valence-corrected chi connectivity index (χ3v) is 4.63. The van der Waals surface area contributed by atoms with Gasteiger partial charge in [0, 0.05) is 43.1 Å². The van der Waals surface area contributed by atoms with E-state index in [9.17, 15) is 9.18 Å². The van der Waals surface area contributed by atoms with Crippen LogP contribution in [-0.2, 0) is 23.0 Å². The zero-order chi connectivity index (χ0) is 17.4. The summed E-state index contributed by atoms with van der Waals surface area (Å²) in [5.74, 6) is 0.427. The number of hydrogen-bond acceptors (Lipinski definition) is 3. The number of nitrogens with zero attached hydrogens (tertiary/aromatic N) is 2. The van der Waals surface area contributed by atoms with Gasteiger partial charge >= 0.3 is 0 Å². The summed E-state index contributed by atoms with van der Waals surface area (Å²) in [6, 6.07) is 4.42. The lowest BCUT2D eigenvalue weighted by Gasteiger charge is -2.19. The Morgan fingerprint density at radius 3 is 3.20 bits per heavy atom. The second-order valence-electron chi connectivity index (χ2n) is 6.33. The van der Waals surface area contributed by atoms with Crippen molar-refractivity contribution in [2.45, 2.75) is 25.0 Å². The van der Waals surface area contributed by atoms with Crippen LogP contribution in [0.1, 0.15) is 23.9 Å². The minimum atomic E-state index is -0.300. The zero-order valence-corrected chi connectivity index (χ0v) is 13.8. The van der Waals surface area contributed by atoms with Crippen molar-refractivity contribution in [1.82, 2.24) is 19.9 Å². The van der Waals surface area contributed by atoms with Crippen molar-refractivity contribution in [1.29, 1.82) is 0 Å². The summed E-state index contributed by atoms with van der Waals surface area (Å²) < 4.78 is 20.9. The molecule has 1 aliphatic heterocycles. The fourth-order valence-electron chi connectivity index (χ4n) is 3.38. The van der Waals surface area contributed by atoms with Crippen LogP contribution < -0.4 is 5.32 Å². The van der Waals surface area contributed by atoms with Gasteiger partial charge in [0.2, 0.25) is 5.91 Å². The molecule has 2 atom stereocenters. The van der Waals surface area contributed by atoms with E-state index in [0.29, 0.717) is 12.1 Å². The van der Waals surface area contributed by atoms with E-state index in [-0.39, 0.29) is 30.3 Å². The van der Waals surface area contributed by atoms with E-state index < -0.39 is 0 Å². The van der Waals surface area contributed by atoms with Crippen LogP contribution in [0.25, 0.3) is 10.9 Å². The first-order chi connectivity index (χ1) is 12.1. The second kappa shape index (κ2) is 6.33. The molecule has 0 spiro atoms. The number of aromatic amines is 1. The molecule has 1 saturated heterocycles. The van der Waals surface area contributed by atoms with Crippen molar-refractivity contribution in [3.8, 4) is 0 Å². The number of fused-ring (bicyclic) bond motifs is 1. The number of aryl methyl sites for hydroxylation is 1. The Morgan fingerprint density at radius 1 is 1.52 bits per heavy atom. The predicted octanol–water partition coefficient (Wildman–Crippen LogP) is 2.23. The largest absolute Gasteiger partial charge is 0.368 e. The molecular formula is C18H19FN4O2. The average molecular weight is 342 g/mol. The molecule has 1 amide bonds. The molecule has 1 aliphatic rings. The Labute approximate surface area is 144 Å². The number of ether oxygens (including phenoxy) is 1. The highest BCUT2D eigenvalue weighted by atomic mass is 19.1. The van der Waals surface area contributed by atoms with Crippen LogP contribution in [0.2, 0.25) is 0 Å². The maximum atomic E-state index is 13.3. The normalized spacial score (nSPS) is 20.2. The van der Waals surface area contributed by atoms with Crippen LogP contribution in [-0.4, -0.2) is 33.1 Å². The first-order valence-corrected chi connectivity index (χ1v) is 8.25. The summed E-state index contributed by atoms with van der Waals surface area (Å²) in [6.07, 6.45) is 6.09. The number of carbonyl (C=O) groups excluding carboxylic acids is 1. The van der Waals surface area contributed by atoms with Crippen molar-refractivity contribution < 1.29 is 13.9 Å². The van der Waals surface area contributed by atoms with Gasteiger partial charge in [0.1, 0.15) is 17.7 Å². The lowest BCUT2D eigenvalue weighted by molar-refractivity contribution is -0.121. The Kier molecular flexibility index (Phi) is 4.01. The molecule has 0 bridgehead atoms. The minimum absolute atomic E-state index is 0.0834. The Balaban J connectivity index is 1.47. The lowest BCUT2D eigenvalue weighted by Crippen LogP contribution is -2.38. The van der Waals surface area contributed by atoms with Gasteiger partial charge in [-0.15, -0.1) is 0 Å². The summed E-state index contributed by atoms with van der Waals surface area (Å²) in [5.41, 5.74) is 1.54. The molecule has 0 saturated carbocycles. The Morgan fingerprint density at radius 2 is 2.40 bits per heavy atom. The summed E-state index contributed by atoms with van der Waals surface area (Å²) in [7, 11) is 1.91. The molecular weight excluding hydrogens is 323 g/mol. The number of halogens is 1. The predicted molar refractivity (Wildman–Crippen MR) is 90.4 cm³/mol. The van der Waals surface area contributed by atoms with Crippen LogP contribution in [0, 0.1) is 5.82 Å². The minimum Gasteiger partial charge on any atom is -0.368 e. The van der Waals surface area contributed by atoms with Gasteiger partial charge < -0.3 is 19.6 Å². The highest BCUT2D eigenvalue weighted by Gasteiger charge is 2.33. The van der Waals surface area contributed by atoms with Crippen molar-refractivity contribution in [3.05, 3.63) is 54.0 Å². The molecule has 3 aromatic rings. The molecule has 1 aromatic carbocycles. The van der Waals surface area contributed by atoms with E-state index >= 15 is 0 Å². The quantitative estimate of drug-likeness (QED) is 0.764. The molecule has 0 aliphatic carbocycles. The number of rotatable bonds is 4. The van der Waals surface area contributed by atoms with Gasteiger partial charge in [0.15, 0.2) is 0 Å². The third kappa shape index (κ3) is 3.02. The van der Waals surface area contributed by atoms with Crippen molar-refractivity contribution in [2.75, 3.05) is 6.61 Å². The summed E-state index contributed by atoms with van der Waals surface area (Å²) in [6.45, 7) is 0.592. The van der Waals surface area contributed by atoms with Crippen LogP contribution >= 0.6 is 0 Å². The van der Waals surface area contributed by atoms with E-state index in [2.05, 4.69) is 15.3 Å². The first kappa shape index (κ1) is 15.8. The topological polar surface area (TPSA) is 71.9 Å². The van der Waals surface area contributed by atoms with Crippen molar-refractivity contribution in [2.24, 2.45) is 7.05 Å². The zero-order valence-electron chi connectivity index (χ0n) is 13.8. The molecule has 6 nitrogen and oxygen atoms in total. The van der Waals surface area contributed by atoms with E-state index in [1.807, 2.05) is 17.8 Å². The van der Waals surface area contributed by atoms with Gasteiger partial charge in [-0.25, -0.2) is 9.37 Å². The maximum absolute atomic E-state index is 13.3. The van der Waals surface area contributed by atoms with Gasteiger partial charge in [-0.3, -0.25) is 4.79 Å². The number of amides is 1. The molecule has 0 unspecified atom stereocenters. The number of nitrogens with one attached hydrogen (secondary N) is 2. The average Bonchev–Trinajstić information content (AvgIpc) is 3.28. The molecule has 130 valence electrons. The summed E-state index contributed by atoms with van der Waals surface area (Å²) in [5, 5.41) is 3.91. The number of hydrogen-bond donors (Lipinski definition) is 2. The van der Waals surface area contributed by atoms with E-state index in [1.165, 1.54) is 12.1 Å². The van der Waals surface area contributed by atoms with E-state index in [1.54, 1.807) is 18.5 Å². The molecule has 1 fully saturated rings. The van der Waals surface area contributed by atoms with Crippen molar-refractivity contribution in [3.63, 3.8) is 0 Å². The van der Waals surface area contributed by atoms with Crippen LogP contribution in [0.15, 0.2) is 36.8 Å². The van der Waals surface area contributed by atoms with Gasteiger partial charge in [0.25, 0.3) is 0 Å².